The summed E-state index contributed by atoms with van der Waals surface area (Å²) >= 11 is 5.82. The number of rotatable bonds is 5. The first-order valence-electron chi connectivity index (χ1n) is 8.05. The third-order valence-electron chi connectivity index (χ3n) is 3.96. The van der Waals surface area contributed by atoms with Crippen LogP contribution in [0.5, 0.6) is 0 Å². The molecule has 0 aliphatic rings. The van der Waals surface area contributed by atoms with Crippen molar-refractivity contribution in [3.63, 3.8) is 0 Å². The highest BCUT2D eigenvalue weighted by Gasteiger charge is 2.55. The number of carbonyl (C=O) groups is 1. The molecule has 0 fully saturated rings. The molecule has 170 valence electrons. The molecule has 0 radical (unpaired) electrons. The number of halogens is 7. The quantitative estimate of drug-likeness (QED) is 0.541. The van der Waals surface area contributed by atoms with Crippen LogP contribution in [-0.4, -0.2) is 31.2 Å². The third-order valence-corrected chi connectivity index (χ3v) is 5.65. The number of nitrogens with one attached hydrogen (secondary N) is 2. The summed E-state index contributed by atoms with van der Waals surface area (Å²) in [6.07, 6.45) is -9.89. The molecule has 0 bridgehead atoms. The molecule has 2 aromatic carbocycles. The predicted molar refractivity (Wildman–Crippen MR) is 99.0 cm³/mol. The summed E-state index contributed by atoms with van der Waals surface area (Å²) in [4.78, 5) is 11.2. The van der Waals surface area contributed by atoms with E-state index in [1.54, 1.807) is 5.32 Å². The topological polar surface area (TPSA) is 95.5 Å². The van der Waals surface area contributed by atoms with E-state index in [1.165, 1.54) is 0 Å². The molecule has 6 nitrogen and oxygen atoms in total. The fourth-order valence-corrected chi connectivity index (χ4v) is 3.46. The lowest BCUT2D eigenvalue weighted by atomic mass is 10.1. The van der Waals surface area contributed by atoms with Crippen LogP contribution in [0.2, 0.25) is 5.02 Å². The van der Waals surface area contributed by atoms with Gasteiger partial charge in [0.1, 0.15) is 0 Å². The number of amides is 1. The van der Waals surface area contributed by atoms with Crippen molar-refractivity contribution in [1.82, 2.24) is 0 Å². The Bertz CT molecular complexity index is 1080. The second kappa shape index (κ2) is 8.20. The van der Waals surface area contributed by atoms with E-state index in [1.807, 2.05) is 4.72 Å². The van der Waals surface area contributed by atoms with Crippen molar-refractivity contribution >= 4 is 38.9 Å². The average Bonchev–Trinajstić information content (AvgIpc) is 2.61. The van der Waals surface area contributed by atoms with Crippen LogP contribution in [0.4, 0.5) is 37.7 Å². The summed E-state index contributed by atoms with van der Waals surface area (Å²) in [6, 6.07) is 5.66. The Morgan fingerprint density at radius 3 is 2.00 bits per heavy atom. The van der Waals surface area contributed by atoms with Gasteiger partial charge in [-0.15, -0.1) is 0 Å². The van der Waals surface area contributed by atoms with E-state index in [-0.39, 0.29) is 12.6 Å². The monoisotopic (exact) mass is 490 g/mol. The molecular weight excluding hydrogens is 478 g/mol. The van der Waals surface area contributed by atoms with Crippen molar-refractivity contribution in [3.8, 4) is 0 Å². The van der Waals surface area contributed by atoms with Gasteiger partial charge in [0.25, 0.3) is 15.9 Å². The molecule has 0 saturated heterocycles. The van der Waals surface area contributed by atoms with Gasteiger partial charge in [-0.25, -0.2) is 8.42 Å². The summed E-state index contributed by atoms with van der Waals surface area (Å²) in [6.45, 7) is 0.225. The SMILES string of the molecule is C[C@@](O)(C(=O)Nc1ccc(S(=O)(=O)Nc2ccc(C(F)(F)F)cc2)cc1Cl)C(F)(F)F. The van der Waals surface area contributed by atoms with Crippen LogP contribution in [0.25, 0.3) is 0 Å². The second-order valence-corrected chi connectivity index (χ2v) is 8.44. The summed E-state index contributed by atoms with van der Waals surface area (Å²) in [5.41, 5.74) is -5.33. The molecule has 3 N–H and O–H groups in total. The van der Waals surface area contributed by atoms with Gasteiger partial charge in [-0.3, -0.25) is 9.52 Å². The van der Waals surface area contributed by atoms with Gasteiger partial charge in [0.2, 0.25) is 5.60 Å². The van der Waals surface area contributed by atoms with Gasteiger partial charge < -0.3 is 10.4 Å². The van der Waals surface area contributed by atoms with Crippen LogP contribution in [0.15, 0.2) is 47.4 Å². The van der Waals surface area contributed by atoms with Crippen molar-refractivity contribution in [2.75, 3.05) is 10.0 Å². The van der Waals surface area contributed by atoms with Crippen LogP contribution in [0.1, 0.15) is 12.5 Å². The second-order valence-electron chi connectivity index (χ2n) is 6.35. The van der Waals surface area contributed by atoms with Gasteiger partial charge in [-0.2, -0.15) is 26.3 Å². The standard InChI is InChI=1S/C17H13ClF6N2O4S/c1-15(28,17(22,23)24)14(27)25-13-7-6-11(8-12(13)18)31(29,30)26-10-4-2-9(3-5-10)16(19,20)21/h2-8,26,28H,1H3,(H,25,27)/t15-/m1/s1. The number of sulfonamides is 1. The van der Waals surface area contributed by atoms with Gasteiger partial charge >= 0.3 is 12.4 Å². The average molecular weight is 491 g/mol. The molecule has 31 heavy (non-hydrogen) atoms. The maximum atomic E-state index is 12.7. The predicted octanol–water partition coefficient (Wildman–Crippen LogP) is 4.41. The highest BCUT2D eigenvalue weighted by Crippen LogP contribution is 2.33. The number of carbonyl (C=O) groups excluding carboxylic acids is 1. The fourth-order valence-electron chi connectivity index (χ4n) is 2.08. The third kappa shape index (κ3) is 5.60. The van der Waals surface area contributed by atoms with E-state index in [0.717, 1.165) is 30.3 Å². The Balaban J connectivity index is 2.22. The van der Waals surface area contributed by atoms with Crippen molar-refractivity contribution in [2.24, 2.45) is 0 Å². The summed E-state index contributed by atoms with van der Waals surface area (Å²) < 4.78 is 103. The fraction of sp³-hybridized carbons (Fsp3) is 0.235. The van der Waals surface area contributed by atoms with Crippen molar-refractivity contribution < 1.29 is 44.7 Å². The number of hydrogen-bond donors (Lipinski definition) is 3. The lowest BCUT2D eigenvalue weighted by Gasteiger charge is -2.25. The van der Waals surface area contributed by atoms with Crippen LogP contribution in [-0.2, 0) is 21.0 Å². The summed E-state index contributed by atoms with van der Waals surface area (Å²) in [5.74, 6) is -1.85. The van der Waals surface area contributed by atoms with E-state index in [0.29, 0.717) is 12.1 Å². The van der Waals surface area contributed by atoms with Gasteiger partial charge in [0, 0.05) is 5.69 Å². The number of anilines is 2. The molecule has 0 saturated carbocycles. The smallest absolute Gasteiger partial charge is 0.373 e. The maximum absolute atomic E-state index is 12.7. The van der Waals surface area contributed by atoms with Crippen LogP contribution in [0.3, 0.4) is 0 Å². The van der Waals surface area contributed by atoms with Crippen molar-refractivity contribution in [2.45, 2.75) is 29.8 Å². The van der Waals surface area contributed by atoms with Gasteiger partial charge in [0.05, 0.1) is 21.2 Å². The lowest BCUT2D eigenvalue weighted by molar-refractivity contribution is -0.242. The van der Waals surface area contributed by atoms with Crippen LogP contribution < -0.4 is 10.0 Å². The minimum Gasteiger partial charge on any atom is -0.373 e. The molecular formula is C17H13ClF6N2O4S. The Morgan fingerprint density at radius 2 is 1.55 bits per heavy atom. The first-order chi connectivity index (χ1) is 13.9. The molecule has 0 aromatic heterocycles. The molecule has 1 amide bonds. The Hall–Kier alpha value is -2.51. The van der Waals surface area contributed by atoms with Gasteiger partial charge in [0.15, 0.2) is 0 Å². The van der Waals surface area contributed by atoms with E-state index < -0.39 is 55.1 Å². The molecule has 0 heterocycles. The zero-order valence-corrected chi connectivity index (χ0v) is 16.8. The number of benzene rings is 2. The maximum Gasteiger partial charge on any atom is 0.426 e. The number of hydrogen-bond acceptors (Lipinski definition) is 4. The van der Waals surface area contributed by atoms with Crippen LogP contribution in [0, 0.1) is 0 Å². The first-order valence-corrected chi connectivity index (χ1v) is 9.91. The molecule has 0 unspecified atom stereocenters. The minimum absolute atomic E-state index is 0.192. The zero-order chi connectivity index (χ0) is 23.8. The van der Waals surface area contributed by atoms with E-state index in [9.17, 15) is 44.7 Å². The number of alkyl halides is 6. The van der Waals surface area contributed by atoms with Gasteiger partial charge in [-0.05, 0) is 49.4 Å². The molecule has 2 rings (SSSR count). The Kier molecular flexibility index (Phi) is 6.55. The summed E-state index contributed by atoms with van der Waals surface area (Å²) in [7, 11) is -4.34. The minimum atomic E-state index is -5.28. The van der Waals surface area contributed by atoms with Gasteiger partial charge in [-0.1, -0.05) is 11.6 Å². The molecule has 0 aliphatic carbocycles. The Labute approximate surface area is 176 Å². The van der Waals surface area contributed by atoms with Crippen LogP contribution >= 0.6 is 11.6 Å². The van der Waals surface area contributed by atoms with E-state index in [4.69, 9.17) is 11.6 Å². The summed E-state index contributed by atoms with van der Waals surface area (Å²) in [5, 5.41) is 10.6. The lowest BCUT2D eigenvalue weighted by Crippen LogP contribution is -2.52. The highest BCUT2D eigenvalue weighted by atomic mass is 35.5. The Morgan fingerprint density at radius 1 is 1.00 bits per heavy atom. The van der Waals surface area contributed by atoms with E-state index >= 15 is 0 Å². The van der Waals surface area contributed by atoms with Crippen molar-refractivity contribution in [1.29, 1.82) is 0 Å². The molecule has 0 aliphatic heterocycles. The highest BCUT2D eigenvalue weighted by molar-refractivity contribution is 7.92. The molecule has 14 heteroatoms. The largest absolute Gasteiger partial charge is 0.426 e. The van der Waals surface area contributed by atoms with E-state index in [2.05, 4.69) is 0 Å². The molecule has 2 aromatic rings. The van der Waals surface area contributed by atoms with Crippen molar-refractivity contribution in [3.05, 3.63) is 53.1 Å². The molecule has 1 atom stereocenters. The first kappa shape index (κ1) is 24.8. The normalized spacial score (nSPS) is 14.6. The number of aliphatic hydroxyl groups is 1. The molecule has 0 spiro atoms. The zero-order valence-electron chi connectivity index (χ0n) is 15.3.